The van der Waals surface area contributed by atoms with Gasteiger partial charge in [-0.2, -0.15) is 0 Å². The van der Waals surface area contributed by atoms with Crippen LogP contribution in [-0.4, -0.2) is 38.0 Å². The van der Waals surface area contributed by atoms with Gasteiger partial charge in [-0.05, 0) is 17.7 Å². The summed E-state index contributed by atoms with van der Waals surface area (Å²) in [6.45, 7) is 0.720. The van der Waals surface area contributed by atoms with Gasteiger partial charge < -0.3 is 10.1 Å². The van der Waals surface area contributed by atoms with E-state index in [9.17, 15) is 13.2 Å². The molecule has 136 valence electrons. The zero-order valence-electron chi connectivity index (χ0n) is 13.5. The van der Waals surface area contributed by atoms with Crippen molar-refractivity contribution in [2.45, 2.75) is 13.2 Å². The van der Waals surface area contributed by atoms with Gasteiger partial charge in [0.1, 0.15) is 9.84 Å². The number of amides is 2. The van der Waals surface area contributed by atoms with E-state index in [0.29, 0.717) is 17.4 Å². The van der Waals surface area contributed by atoms with Crippen molar-refractivity contribution in [1.29, 1.82) is 0 Å². The average molecular weight is 448 g/mol. The number of nitrogens with zero attached hydrogens (tertiary/aromatic N) is 1. The molecule has 2 amide bonds. The van der Waals surface area contributed by atoms with Gasteiger partial charge in [0.2, 0.25) is 0 Å². The monoisotopic (exact) mass is 447 g/mol. The van der Waals surface area contributed by atoms with Gasteiger partial charge in [-0.3, -0.25) is 5.32 Å². The number of rotatable bonds is 8. The first-order chi connectivity index (χ1) is 11.8. The molecule has 0 unspecified atom stereocenters. The molecular weight excluding hydrogens is 430 g/mol. The zero-order chi connectivity index (χ0) is 18.3. The highest BCUT2D eigenvalue weighted by Gasteiger charge is 2.07. The lowest BCUT2D eigenvalue weighted by molar-refractivity contribution is 0.133. The molecule has 0 saturated heterocycles. The summed E-state index contributed by atoms with van der Waals surface area (Å²) in [5.74, 6) is -0.0275. The molecular formula is C15H18BrN3O4S2. The fourth-order valence-corrected chi connectivity index (χ4v) is 3.35. The summed E-state index contributed by atoms with van der Waals surface area (Å²) in [6.07, 6.45) is 1.16. The Labute approximate surface area is 158 Å². The maximum Gasteiger partial charge on any atom is 0.321 e. The highest BCUT2D eigenvalue weighted by molar-refractivity contribution is 9.10. The van der Waals surface area contributed by atoms with Gasteiger partial charge in [-0.25, -0.2) is 18.2 Å². The molecule has 0 radical (unpaired) electrons. The number of benzene rings is 1. The number of aromatic nitrogens is 1. The highest BCUT2D eigenvalue weighted by atomic mass is 79.9. The van der Waals surface area contributed by atoms with Crippen LogP contribution in [0.2, 0.25) is 0 Å². The fraction of sp³-hybridized carbons (Fsp3) is 0.333. The van der Waals surface area contributed by atoms with Crippen LogP contribution in [0.4, 0.5) is 9.93 Å². The van der Waals surface area contributed by atoms with E-state index in [-0.39, 0.29) is 25.0 Å². The van der Waals surface area contributed by atoms with Crippen LogP contribution in [0.5, 0.6) is 0 Å². The molecule has 1 aromatic carbocycles. The Morgan fingerprint density at radius 2 is 2.20 bits per heavy atom. The molecule has 10 heteroatoms. The van der Waals surface area contributed by atoms with Crippen molar-refractivity contribution in [3.63, 3.8) is 0 Å². The fourth-order valence-electron chi connectivity index (χ4n) is 1.79. The van der Waals surface area contributed by atoms with Crippen molar-refractivity contribution in [2.24, 2.45) is 0 Å². The van der Waals surface area contributed by atoms with Crippen molar-refractivity contribution >= 4 is 48.3 Å². The van der Waals surface area contributed by atoms with Gasteiger partial charge in [0.25, 0.3) is 0 Å². The molecule has 1 aromatic heterocycles. The van der Waals surface area contributed by atoms with Crippen LogP contribution in [-0.2, 0) is 27.7 Å². The lowest BCUT2D eigenvalue weighted by atomic mass is 10.2. The largest absolute Gasteiger partial charge is 0.374 e. The third-order valence-corrected chi connectivity index (χ3v) is 5.17. The van der Waals surface area contributed by atoms with Crippen molar-refractivity contribution in [1.82, 2.24) is 10.3 Å². The summed E-state index contributed by atoms with van der Waals surface area (Å²) >= 11 is 4.66. The van der Waals surface area contributed by atoms with Crippen LogP contribution in [0.25, 0.3) is 0 Å². The quantitative estimate of drug-likeness (QED) is 0.606. The number of hydrogen-bond donors (Lipinski definition) is 2. The minimum Gasteiger partial charge on any atom is -0.374 e. The van der Waals surface area contributed by atoms with E-state index in [0.717, 1.165) is 16.3 Å². The molecule has 0 spiro atoms. The summed E-state index contributed by atoms with van der Waals surface area (Å²) in [5.41, 5.74) is 1.62. The Hall–Kier alpha value is -1.49. The van der Waals surface area contributed by atoms with Crippen molar-refractivity contribution < 1.29 is 17.9 Å². The van der Waals surface area contributed by atoms with Crippen LogP contribution in [0.3, 0.4) is 0 Å². The highest BCUT2D eigenvalue weighted by Crippen LogP contribution is 2.16. The lowest BCUT2D eigenvalue weighted by Gasteiger charge is -2.06. The molecule has 1 heterocycles. The number of thiazole rings is 1. The maximum absolute atomic E-state index is 11.9. The van der Waals surface area contributed by atoms with Gasteiger partial charge in [0.15, 0.2) is 5.13 Å². The van der Waals surface area contributed by atoms with E-state index in [1.807, 2.05) is 24.3 Å². The first-order valence-corrected chi connectivity index (χ1v) is 11.0. The molecule has 0 saturated carbocycles. The molecule has 2 N–H and O–H groups in total. The number of halogens is 1. The number of urea groups is 1. The van der Waals surface area contributed by atoms with Crippen molar-refractivity contribution in [3.05, 3.63) is 45.4 Å². The Bertz CT molecular complexity index is 824. The van der Waals surface area contributed by atoms with Crippen LogP contribution < -0.4 is 10.6 Å². The first kappa shape index (κ1) is 19.8. The molecule has 0 atom stereocenters. The summed E-state index contributed by atoms with van der Waals surface area (Å²) in [7, 11) is -3.03. The molecule has 2 aromatic rings. The predicted molar refractivity (Wildman–Crippen MR) is 101 cm³/mol. The standard InChI is InChI=1S/C15H18BrN3O4S2/c1-25(21,22)6-5-23-9-13-10-24-15(18-13)19-14(20)17-8-11-3-2-4-12(16)7-11/h2-4,7,10H,5-6,8-9H2,1H3,(H2,17,18,19,20). The number of hydrogen-bond acceptors (Lipinski definition) is 6. The van der Waals surface area contributed by atoms with Gasteiger partial charge in [0.05, 0.1) is 24.7 Å². The number of carbonyl (C=O) groups excluding carboxylic acids is 1. The maximum atomic E-state index is 11.9. The Morgan fingerprint density at radius 3 is 2.92 bits per heavy atom. The van der Waals surface area contributed by atoms with Gasteiger partial charge in [0, 0.05) is 22.7 Å². The summed E-state index contributed by atoms with van der Waals surface area (Å²) in [6, 6.07) is 7.31. The van der Waals surface area contributed by atoms with E-state index in [1.54, 1.807) is 5.38 Å². The predicted octanol–water partition coefficient (Wildman–Crippen LogP) is 2.79. The molecule has 0 aliphatic heterocycles. The Kier molecular flexibility index (Phi) is 7.36. The normalized spacial score (nSPS) is 11.3. The van der Waals surface area contributed by atoms with Crippen molar-refractivity contribution in [3.8, 4) is 0 Å². The van der Waals surface area contributed by atoms with Crippen LogP contribution in [0.15, 0.2) is 34.1 Å². The minimum atomic E-state index is -3.03. The topological polar surface area (TPSA) is 97.4 Å². The van der Waals surface area contributed by atoms with E-state index >= 15 is 0 Å². The molecule has 25 heavy (non-hydrogen) atoms. The smallest absolute Gasteiger partial charge is 0.321 e. The minimum absolute atomic E-state index is 0.0275. The second-order valence-electron chi connectivity index (χ2n) is 5.26. The van der Waals surface area contributed by atoms with Gasteiger partial charge in [-0.15, -0.1) is 11.3 Å². The molecule has 0 bridgehead atoms. The third kappa shape index (κ3) is 7.95. The zero-order valence-corrected chi connectivity index (χ0v) is 16.7. The molecule has 0 fully saturated rings. The second-order valence-corrected chi connectivity index (χ2v) is 9.30. The van der Waals surface area contributed by atoms with Crippen LogP contribution >= 0.6 is 27.3 Å². The SMILES string of the molecule is CS(=O)(=O)CCOCc1csc(NC(=O)NCc2cccc(Br)c2)n1. The van der Waals surface area contributed by atoms with Crippen LogP contribution in [0.1, 0.15) is 11.3 Å². The second kappa shape index (κ2) is 9.27. The van der Waals surface area contributed by atoms with Gasteiger partial charge in [-0.1, -0.05) is 28.1 Å². The Balaban J connectivity index is 1.73. The number of sulfone groups is 1. The third-order valence-electron chi connectivity index (χ3n) is 2.96. The number of carbonyl (C=O) groups is 1. The van der Waals surface area contributed by atoms with Crippen LogP contribution in [0, 0.1) is 0 Å². The summed E-state index contributed by atoms with van der Waals surface area (Å²) in [4.78, 5) is 16.1. The summed E-state index contributed by atoms with van der Waals surface area (Å²) < 4.78 is 28.2. The Morgan fingerprint density at radius 1 is 1.40 bits per heavy atom. The van der Waals surface area contributed by atoms with Gasteiger partial charge >= 0.3 is 6.03 Å². The van der Waals surface area contributed by atoms with E-state index < -0.39 is 9.84 Å². The molecule has 0 aliphatic carbocycles. The van der Waals surface area contributed by atoms with E-state index in [1.165, 1.54) is 11.3 Å². The molecule has 2 rings (SSSR count). The average Bonchev–Trinajstić information content (AvgIpc) is 2.96. The number of nitrogens with one attached hydrogen (secondary N) is 2. The molecule has 7 nitrogen and oxygen atoms in total. The van der Waals surface area contributed by atoms with Crippen molar-refractivity contribution in [2.75, 3.05) is 23.9 Å². The number of anilines is 1. The lowest BCUT2D eigenvalue weighted by Crippen LogP contribution is -2.28. The number of ether oxygens (including phenoxy) is 1. The summed E-state index contributed by atoms with van der Waals surface area (Å²) in [5, 5.41) is 7.61. The van der Waals surface area contributed by atoms with E-state index in [4.69, 9.17) is 4.74 Å². The van der Waals surface area contributed by atoms with E-state index in [2.05, 4.69) is 31.5 Å². The first-order valence-electron chi connectivity index (χ1n) is 7.31. The molecule has 0 aliphatic rings.